The first-order valence-corrected chi connectivity index (χ1v) is 10.4. The Labute approximate surface area is 176 Å². The number of likely N-dealkylation sites (tertiary alicyclic amines) is 1. The Morgan fingerprint density at radius 1 is 1.34 bits per heavy atom. The van der Waals surface area contributed by atoms with Gasteiger partial charge < -0.3 is 20.4 Å². The highest BCUT2D eigenvalue weighted by molar-refractivity contribution is 6.31. The van der Waals surface area contributed by atoms with Gasteiger partial charge in [0.15, 0.2) is 0 Å². The van der Waals surface area contributed by atoms with Crippen LogP contribution in [0.3, 0.4) is 0 Å². The number of aromatic nitrogens is 2. The SMILES string of the molecule is CC(C)(O)CNC(=O)N1CCC(C(C)(C)[C@H](O)c2cc(Cl)cc3cn[nH]c23)CC1. The number of rotatable bonds is 5. The minimum Gasteiger partial charge on any atom is -0.389 e. The average Bonchev–Trinajstić information content (AvgIpc) is 3.12. The van der Waals surface area contributed by atoms with E-state index in [-0.39, 0.29) is 18.5 Å². The standard InChI is InChI=1S/C21H31ClN4O3/c1-20(2,29)12-23-19(28)26-7-5-14(6-8-26)21(3,4)18(27)16-10-15(22)9-13-11-24-25-17(13)16/h9-11,14,18,27,29H,5-8,12H2,1-4H3,(H,23,28)(H,24,25)/t18-/m1/s1. The van der Waals surface area contributed by atoms with Crippen molar-refractivity contribution < 1.29 is 15.0 Å². The molecule has 0 aliphatic carbocycles. The molecule has 1 aromatic carbocycles. The van der Waals surface area contributed by atoms with Gasteiger partial charge in [0.2, 0.25) is 0 Å². The van der Waals surface area contributed by atoms with E-state index in [0.717, 1.165) is 29.3 Å². The highest BCUT2D eigenvalue weighted by atomic mass is 35.5. The van der Waals surface area contributed by atoms with Gasteiger partial charge in [0, 0.05) is 35.6 Å². The molecule has 0 unspecified atom stereocenters. The third-order valence-corrected chi connectivity index (χ3v) is 6.27. The zero-order chi connectivity index (χ0) is 21.4. The van der Waals surface area contributed by atoms with Crippen molar-refractivity contribution >= 4 is 28.5 Å². The summed E-state index contributed by atoms with van der Waals surface area (Å²) in [5.74, 6) is 0.243. The predicted molar refractivity (Wildman–Crippen MR) is 114 cm³/mol. The summed E-state index contributed by atoms with van der Waals surface area (Å²) in [5, 5.41) is 32.3. The van der Waals surface area contributed by atoms with Crippen LogP contribution in [-0.2, 0) is 0 Å². The molecule has 2 heterocycles. The van der Waals surface area contributed by atoms with Crippen molar-refractivity contribution in [2.24, 2.45) is 11.3 Å². The minimum atomic E-state index is -0.935. The van der Waals surface area contributed by atoms with Crippen molar-refractivity contribution in [1.29, 1.82) is 0 Å². The van der Waals surface area contributed by atoms with E-state index in [4.69, 9.17) is 11.6 Å². The number of benzene rings is 1. The molecule has 0 saturated carbocycles. The number of piperidine rings is 1. The van der Waals surface area contributed by atoms with E-state index in [1.165, 1.54) is 0 Å². The molecule has 1 aliphatic rings. The molecular formula is C21H31ClN4O3. The Hall–Kier alpha value is -1.83. The third-order valence-electron chi connectivity index (χ3n) is 6.05. The topological polar surface area (TPSA) is 101 Å². The van der Waals surface area contributed by atoms with Crippen LogP contribution < -0.4 is 5.32 Å². The summed E-state index contributed by atoms with van der Waals surface area (Å²) in [6.45, 7) is 8.91. The molecule has 1 atom stereocenters. The van der Waals surface area contributed by atoms with Gasteiger partial charge >= 0.3 is 6.03 Å². The molecule has 4 N–H and O–H groups in total. The van der Waals surface area contributed by atoms with Crippen LogP contribution in [0, 0.1) is 11.3 Å². The minimum absolute atomic E-state index is 0.155. The number of urea groups is 1. The number of aliphatic hydroxyl groups excluding tert-OH is 1. The van der Waals surface area contributed by atoms with E-state index < -0.39 is 17.1 Å². The van der Waals surface area contributed by atoms with Crippen molar-refractivity contribution in [1.82, 2.24) is 20.4 Å². The number of fused-ring (bicyclic) bond motifs is 1. The Kier molecular flexibility index (Phi) is 6.13. The number of carbonyl (C=O) groups is 1. The predicted octanol–water partition coefficient (Wildman–Crippen LogP) is 3.47. The molecule has 0 bridgehead atoms. The molecule has 1 aromatic heterocycles. The van der Waals surface area contributed by atoms with E-state index in [0.29, 0.717) is 18.1 Å². The number of hydrogen-bond acceptors (Lipinski definition) is 4. The summed E-state index contributed by atoms with van der Waals surface area (Å²) >= 11 is 6.25. The van der Waals surface area contributed by atoms with Gasteiger partial charge in [-0.25, -0.2) is 4.79 Å². The highest BCUT2D eigenvalue weighted by Crippen LogP contribution is 2.46. The maximum absolute atomic E-state index is 12.3. The van der Waals surface area contributed by atoms with Crippen molar-refractivity contribution in [3.63, 3.8) is 0 Å². The van der Waals surface area contributed by atoms with Gasteiger partial charge in [-0.05, 0) is 50.2 Å². The van der Waals surface area contributed by atoms with Gasteiger partial charge in [0.05, 0.1) is 23.4 Å². The summed E-state index contributed by atoms with van der Waals surface area (Å²) in [5.41, 5.74) is 0.215. The second-order valence-electron chi connectivity index (χ2n) is 9.29. The Morgan fingerprint density at radius 2 is 2.00 bits per heavy atom. The summed E-state index contributed by atoms with van der Waals surface area (Å²) in [4.78, 5) is 14.1. The lowest BCUT2D eigenvalue weighted by molar-refractivity contribution is -0.0146. The lowest BCUT2D eigenvalue weighted by Gasteiger charge is -2.43. The number of aromatic amines is 1. The fourth-order valence-corrected chi connectivity index (χ4v) is 4.35. The number of H-pyrrole nitrogens is 1. The van der Waals surface area contributed by atoms with Gasteiger partial charge in [0.1, 0.15) is 0 Å². The number of aliphatic hydroxyl groups is 2. The monoisotopic (exact) mass is 422 g/mol. The normalized spacial score (nSPS) is 17.6. The first kappa shape index (κ1) is 21.9. The Balaban J connectivity index is 1.68. The summed E-state index contributed by atoms with van der Waals surface area (Å²) in [6.07, 6.45) is 2.58. The van der Waals surface area contributed by atoms with Crippen LogP contribution in [-0.4, -0.2) is 56.6 Å². The van der Waals surface area contributed by atoms with Crippen LogP contribution in [0.4, 0.5) is 4.79 Å². The Morgan fingerprint density at radius 3 is 2.62 bits per heavy atom. The van der Waals surface area contributed by atoms with Crippen LogP contribution in [0.2, 0.25) is 5.02 Å². The van der Waals surface area contributed by atoms with E-state index in [2.05, 4.69) is 29.4 Å². The molecule has 0 radical (unpaired) electrons. The smallest absolute Gasteiger partial charge is 0.317 e. The molecule has 3 rings (SSSR count). The number of carbonyl (C=O) groups excluding carboxylic acids is 1. The van der Waals surface area contributed by atoms with Crippen LogP contribution in [0.1, 0.15) is 52.2 Å². The van der Waals surface area contributed by atoms with Crippen molar-refractivity contribution in [3.8, 4) is 0 Å². The van der Waals surface area contributed by atoms with Crippen molar-refractivity contribution in [3.05, 3.63) is 28.9 Å². The Bertz CT molecular complexity index is 866. The van der Waals surface area contributed by atoms with Gasteiger partial charge in [-0.2, -0.15) is 5.10 Å². The lowest BCUT2D eigenvalue weighted by atomic mass is 9.68. The van der Waals surface area contributed by atoms with Crippen molar-refractivity contribution in [2.75, 3.05) is 19.6 Å². The van der Waals surface area contributed by atoms with Crippen LogP contribution >= 0.6 is 11.6 Å². The molecule has 7 nitrogen and oxygen atoms in total. The molecule has 1 fully saturated rings. The lowest BCUT2D eigenvalue weighted by Crippen LogP contribution is -2.49. The third kappa shape index (κ3) is 4.85. The number of halogens is 1. The summed E-state index contributed by atoms with van der Waals surface area (Å²) in [6, 6.07) is 3.47. The maximum atomic E-state index is 12.3. The van der Waals surface area contributed by atoms with E-state index >= 15 is 0 Å². The fraction of sp³-hybridized carbons (Fsp3) is 0.619. The first-order valence-electron chi connectivity index (χ1n) is 10.0. The van der Waals surface area contributed by atoms with Gasteiger partial charge in [-0.1, -0.05) is 25.4 Å². The largest absolute Gasteiger partial charge is 0.389 e. The molecule has 2 amide bonds. The van der Waals surface area contributed by atoms with Crippen LogP contribution in [0.15, 0.2) is 18.3 Å². The molecule has 29 heavy (non-hydrogen) atoms. The number of nitrogens with zero attached hydrogens (tertiary/aromatic N) is 2. The zero-order valence-electron chi connectivity index (χ0n) is 17.5. The highest BCUT2D eigenvalue weighted by Gasteiger charge is 2.40. The molecule has 0 spiro atoms. The second kappa shape index (κ2) is 8.13. The number of nitrogens with one attached hydrogen (secondary N) is 2. The van der Waals surface area contributed by atoms with Gasteiger partial charge in [-0.15, -0.1) is 0 Å². The van der Waals surface area contributed by atoms with Gasteiger partial charge in [0.25, 0.3) is 0 Å². The van der Waals surface area contributed by atoms with Crippen molar-refractivity contribution in [2.45, 2.75) is 52.2 Å². The first-order chi connectivity index (χ1) is 13.5. The maximum Gasteiger partial charge on any atom is 0.317 e. The van der Waals surface area contributed by atoms with Crippen LogP contribution in [0.5, 0.6) is 0 Å². The zero-order valence-corrected chi connectivity index (χ0v) is 18.3. The quantitative estimate of drug-likeness (QED) is 0.592. The summed E-state index contributed by atoms with van der Waals surface area (Å²) < 4.78 is 0. The molecule has 1 saturated heterocycles. The van der Waals surface area contributed by atoms with Crippen LogP contribution in [0.25, 0.3) is 10.9 Å². The summed E-state index contributed by atoms with van der Waals surface area (Å²) in [7, 11) is 0. The van der Waals surface area contributed by atoms with E-state index in [1.807, 2.05) is 6.07 Å². The average molecular weight is 423 g/mol. The molecule has 2 aromatic rings. The second-order valence-corrected chi connectivity index (χ2v) is 9.72. The number of hydrogen-bond donors (Lipinski definition) is 4. The number of amides is 2. The molecule has 8 heteroatoms. The molecular weight excluding hydrogens is 392 g/mol. The fourth-order valence-electron chi connectivity index (χ4n) is 4.12. The van der Waals surface area contributed by atoms with E-state index in [1.54, 1.807) is 31.0 Å². The molecule has 160 valence electrons. The van der Waals surface area contributed by atoms with Gasteiger partial charge in [-0.3, -0.25) is 5.10 Å². The van der Waals surface area contributed by atoms with E-state index in [9.17, 15) is 15.0 Å². The molecule has 1 aliphatic heterocycles.